The smallest absolute Gasteiger partial charge is 1.00 e. The number of aliphatic hydroxyl groups excluding tert-OH is 1. The first-order valence-corrected chi connectivity index (χ1v) is 18.6. The van der Waals surface area contributed by atoms with E-state index in [2.05, 4.69) is 26.0 Å². The first kappa shape index (κ1) is 49.1. The Bertz CT molecular complexity index is 584. The van der Waals surface area contributed by atoms with Gasteiger partial charge >= 0.3 is 40.0 Å². The molecule has 0 radical (unpaired) electrons. The zero-order valence-corrected chi connectivity index (χ0v) is 31.0. The molecule has 0 amide bonds. The summed E-state index contributed by atoms with van der Waals surface area (Å²) in [5.74, 6) is 0. The van der Waals surface area contributed by atoms with Crippen molar-refractivity contribution < 1.29 is 58.4 Å². The van der Waals surface area contributed by atoms with Gasteiger partial charge in [-0.3, -0.25) is 9.11 Å². The maximum Gasteiger partial charge on any atom is 1.00 e. The summed E-state index contributed by atoms with van der Waals surface area (Å²) in [4.78, 5) is 10.1. The van der Waals surface area contributed by atoms with Crippen molar-refractivity contribution in [2.75, 3.05) is 6.61 Å². The molecule has 0 heterocycles. The molecule has 0 aromatic rings. The third-order valence-corrected chi connectivity index (χ3v) is 7.10. The monoisotopic (exact) mass is 630 g/mol. The number of carbonyl (C=O) groups is 1. The van der Waals surface area contributed by atoms with Crippen LogP contribution >= 0.6 is 0 Å². The first-order chi connectivity index (χ1) is 19.8. The van der Waals surface area contributed by atoms with E-state index in [1.807, 2.05) is 0 Å². The summed E-state index contributed by atoms with van der Waals surface area (Å²) >= 11 is 0. The van der Waals surface area contributed by atoms with Crippen LogP contribution in [0.15, 0.2) is 12.2 Å². The van der Waals surface area contributed by atoms with Gasteiger partial charge in [-0.25, -0.2) is 0 Å². The van der Waals surface area contributed by atoms with Crippen LogP contribution in [0.1, 0.15) is 195 Å². The molecule has 0 aliphatic rings. The Morgan fingerprint density at radius 1 is 0.476 bits per heavy atom. The third kappa shape index (κ3) is 67.8. The van der Waals surface area contributed by atoms with E-state index in [9.17, 15) is 4.79 Å². The Labute approximate surface area is 286 Å². The van der Waals surface area contributed by atoms with Crippen molar-refractivity contribution in [3.8, 4) is 0 Å². The molecule has 42 heavy (non-hydrogen) atoms. The maximum atomic E-state index is 10.1. The summed E-state index contributed by atoms with van der Waals surface area (Å²) in [5.41, 5.74) is 0. The molecule has 0 fully saturated rings. The van der Waals surface area contributed by atoms with E-state index in [-0.39, 0.29) is 31.0 Å². The molecule has 0 bridgehead atoms. The minimum Gasteiger partial charge on any atom is -1.00 e. The van der Waals surface area contributed by atoms with Crippen molar-refractivity contribution in [3.05, 3.63) is 12.2 Å². The van der Waals surface area contributed by atoms with Crippen molar-refractivity contribution in [2.45, 2.75) is 194 Å². The van der Waals surface area contributed by atoms with Crippen molar-refractivity contribution in [1.82, 2.24) is 0 Å². The van der Waals surface area contributed by atoms with E-state index in [4.69, 9.17) is 22.6 Å². The molecular formula is C34H71NaO6S. The summed E-state index contributed by atoms with van der Waals surface area (Å²) in [6.07, 6.45) is 42.8. The van der Waals surface area contributed by atoms with Gasteiger partial charge in [-0.15, -0.1) is 0 Å². The summed E-state index contributed by atoms with van der Waals surface area (Å²) in [5, 5.41) is 8.64. The largest absolute Gasteiger partial charge is 1.00 e. The van der Waals surface area contributed by atoms with Crippen LogP contribution in [0.4, 0.5) is 0 Å². The Morgan fingerprint density at radius 3 is 0.976 bits per heavy atom. The van der Waals surface area contributed by atoms with E-state index >= 15 is 0 Å². The number of allylic oxidation sites excluding steroid dienone is 2. The molecule has 0 aliphatic carbocycles. The molecule has 3 N–H and O–H groups in total. The summed E-state index contributed by atoms with van der Waals surface area (Å²) in [6, 6.07) is 0. The number of rotatable bonds is 29. The Hall–Kier alpha value is 0.240. The van der Waals surface area contributed by atoms with Crippen molar-refractivity contribution in [2.24, 2.45) is 0 Å². The topological polar surface area (TPSA) is 112 Å². The van der Waals surface area contributed by atoms with E-state index in [1.54, 1.807) is 0 Å². The normalized spacial score (nSPS) is 10.9. The van der Waals surface area contributed by atoms with Gasteiger partial charge in [-0.2, -0.15) is 8.42 Å². The fourth-order valence-electron chi connectivity index (χ4n) is 4.60. The number of hydrogen-bond donors (Lipinski definition) is 3. The van der Waals surface area contributed by atoms with Crippen LogP contribution < -0.4 is 29.6 Å². The number of carbonyl (C=O) groups excluding carboxylic acids is 1. The minimum atomic E-state index is -4.67. The minimum absolute atomic E-state index is 0. The number of aliphatic hydroxyl groups is 1. The third-order valence-electron chi connectivity index (χ3n) is 7.10. The molecule has 0 unspecified atom stereocenters. The van der Waals surface area contributed by atoms with E-state index in [0.29, 0.717) is 6.61 Å². The summed E-state index contributed by atoms with van der Waals surface area (Å²) in [6.45, 7) is 4.92. The fourth-order valence-corrected chi connectivity index (χ4v) is 4.60. The van der Waals surface area contributed by atoms with Crippen LogP contribution in [-0.2, 0) is 15.2 Å². The van der Waals surface area contributed by atoms with Gasteiger partial charge in [-0.1, -0.05) is 161 Å². The van der Waals surface area contributed by atoms with Crippen molar-refractivity contribution >= 4 is 16.7 Å². The van der Waals surface area contributed by atoms with Crippen molar-refractivity contribution in [3.63, 3.8) is 0 Å². The molecule has 0 saturated heterocycles. The van der Waals surface area contributed by atoms with E-state index < -0.39 is 10.4 Å². The Morgan fingerprint density at radius 2 is 0.714 bits per heavy atom. The molecule has 6 nitrogen and oxygen atoms in total. The Kier molecular flexibility index (Phi) is 53.4. The summed E-state index contributed by atoms with van der Waals surface area (Å²) < 4.78 is 31.6. The van der Waals surface area contributed by atoms with Gasteiger partial charge in [0.1, 0.15) is 6.29 Å². The predicted molar refractivity (Wildman–Crippen MR) is 178 cm³/mol. The van der Waals surface area contributed by atoms with Gasteiger partial charge in [0.05, 0.1) is 0 Å². The van der Waals surface area contributed by atoms with Crippen LogP contribution in [0, 0.1) is 0 Å². The molecule has 250 valence electrons. The van der Waals surface area contributed by atoms with E-state index in [1.165, 1.54) is 161 Å². The van der Waals surface area contributed by atoms with Gasteiger partial charge in [0.15, 0.2) is 0 Å². The zero-order chi connectivity index (χ0) is 31.1. The number of hydrogen-bond acceptors (Lipinski definition) is 4. The molecule has 0 saturated carbocycles. The van der Waals surface area contributed by atoms with Crippen LogP contribution in [0.3, 0.4) is 0 Å². The van der Waals surface area contributed by atoms with Crippen LogP contribution in [-0.4, -0.2) is 35.5 Å². The second kappa shape index (κ2) is 45.7. The molecule has 0 aromatic carbocycles. The standard InChI is InChI=1S/C18H34O.C16H34O.Na.H2O4S.H/c1-2-3-4-5-6-7-8-9-10-11-12-13-14-15-16-17-18-19;1-2-3-4-5-6-7-8-9-10-11-12-13-14-15-16-17;;1-5(2,3)4;/h9-10,18H,2-8,11-17H2,1H3;17H,2-16H2,1H3;;(H2,1,2,3,4);/q;;+1;;-1. The summed E-state index contributed by atoms with van der Waals surface area (Å²) in [7, 11) is -4.67. The second-order valence-corrected chi connectivity index (χ2v) is 12.2. The molecule has 0 aromatic heterocycles. The Balaban J connectivity index is -0.000000186. The molecule has 0 rings (SSSR count). The van der Waals surface area contributed by atoms with Gasteiger partial charge in [0.2, 0.25) is 0 Å². The van der Waals surface area contributed by atoms with Crippen LogP contribution in [0.25, 0.3) is 0 Å². The molecular weight excluding hydrogens is 559 g/mol. The SMILES string of the molecule is CCCCCCCCC=CCCCCCCCC=O.CCCCCCCCCCCCCCCCO.O=S(=O)(O)O.[H-].[Na+]. The van der Waals surface area contributed by atoms with Gasteiger partial charge in [0, 0.05) is 13.0 Å². The molecule has 0 atom stereocenters. The van der Waals surface area contributed by atoms with Gasteiger partial charge in [0.25, 0.3) is 0 Å². The average molecular weight is 631 g/mol. The number of unbranched alkanes of at least 4 members (excludes halogenated alkanes) is 25. The van der Waals surface area contributed by atoms with Gasteiger partial charge in [-0.05, 0) is 38.5 Å². The van der Waals surface area contributed by atoms with Crippen molar-refractivity contribution in [1.29, 1.82) is 0 Å². The van der Waals surface area contributed by atoms with E-state index in [0.717, 1.165) is 25.5 Å². The van der Waals surface area contributed by atoms with Crippen LogP contribution in [0.5, 0.6) is 0 Å². The maximum absolute atomic E-state index is 10.1. The van der Waals surface area contributed by atoms with Gasteiger partial charge < -0.3 is 11.3 Å². The van der Waals surface area contributed by atoms with Crippen LogP contribution in [0.2, 0.25) is 0 Å². The molecule has 8 heteroatoms. The average Bonchev–Trinajstić information content (AvgIpc) is 2.93. The predicted octanol–water partition coefficient (Wildman–Crippen LogP) is 8.15. The molecule has 0 aliphatic heterocycles. The first-order valence-electron chi connectivity index (χ1n) is 17.2. The zero-order valence-electron chi connectivity index (χ0n) is 29.2. The second-order valence-electron chi connectivity index (χ2n) is 11.3. The fraction of sp³-hybridized carbons (Fsp3) is 0.912. The quantitative estimate of drug-likeness (QED) is 0.0253. The molecule has 0 spiro atoms. The number of aldehydes is 1.